The van der Waals surface area contributed by atoms with Gasteiger partial charge in [-0.05, 0) is 25.5 Å². The van der Waals surface area contributed by atoms with Crippen LogP contribution in [0.3, 0.4) is 0 Å². The minimum Gasteiger partial charge on any atom is -0.320 e. The quantitative estimate of drug-likeness (QED) is 0.679. The number of alkyl halides is 1. The number of thiazole rings is 1. The normalized spacial score (nSPS) is 13.0. The average Bonchev–Trinajstić information content (AvgIpc) is 2.99. The number of rotatable bonds is 3. The molecule has 3 aromatic rings. The maximum absolute atomic E-state index is 6.27. The fourth-order valence-electron chi connectivity index (χ4n) is 2.24. The predicted octanol–water partition coefficient (Wildman–Crippen LogP) is 4.15. The van der Waals surface area contributed by atoms with Gasteiger partial charge in [0, 0.05) is 11.6 Å². The number of fused-ring (bicyclic) bond motifs is 1. The summed E-state index contributed by atoms with van der Waals surface area (Å²) in [6.45, 7) is 4.76. The van der Waals surface area contributed by atoms with Crippen LogP contribution in [0.4, 0.5) is 0 Å². The molecule has 1 aromatic carbocycles. The molecule has 3 nitrogen and oxygen atoms in total. The zero-order valence-electron chi connectivity index (χ0n) is 10.8. The van der Waals surface area contributed by atoms with Crippen molar-refractivity contribution in [2.45, 2.75) is 25.8 Å². The summed E-state index contributed by atoms with van der Waals surface area (Å²) >= 11 is 7.92. The van der Waals surface area contributed by atoms with Gasteiger partial charge < -0.3 is 4.57 Å². The first-order valence-electron chi connectivity index (χ1n) is 6.15. The third-order valence-electron chi connectivity index (χ3n) is 3.14. The fraction of sp³-hybridized carbons (Fsp3) is 0.286. The standard InChI is InChI=1S/C14H14ClN3S/c1-9-4-3-5-11-13(9)17-14(10(2)15)18(11)8-12-16-6-7-19-12/h3-7,10H,8H2,1-2H3. The van der Waals surface area contributed by atoms with E-state index in [0.717, 1.165) is 28.4 Å². The van der Waals surface area contributed by atoms with Crippen molar-refractivity contribution in [2.75, 3.05) is 0 Å². The van der Waals surface area contributed by atoms with Crippen LogP contribution < -0.4 is 0 Å². The molecule has 19 heavy (non-hydrogen) atoms. The molecule has 1 unspecified atom stereocenters. The van der Waals surface area contributed by atoms with Gasteiger partial charge in [0.05, 0.1) is 23.0 Å². The smallest absolute Gasteiger partial charge is 0.128 e. The molecule has 0 bridgehead atoms. The molecular weight excluding hydrogens is 278 g/mol. The van der Waals surface area contributed by atoms with Crippen molar-refractivity contribution in [3.63, 3.8) is 0 Å². The number of hydrogen-bond acceptors (Lipinski definition) is 3. The molecule has 0 aliphatic rings. The molecule has 5 heteroatoms. The Morgan fingerprint density at radius 1 is 1.42 bits per heavy atom. The van der Waals surface area contributed by atoms with Crippen molar-refractivity contribution in [2.24, 2.45) is 0 Å². The van der Waals surface area contributed by atoms with Crippen LogP contribution in [0.25, 0.3) is 11.0 Å². The van der Waals surface area contributed by atoms with Crippen LogP contribution in [0.15, 0.2) is 29.8 Å². The maximum atomic E-state index is 6.27. The molecule has 0 N–H and O–H groups in total. The summed E-state index contributed by atoms with van der Waals surface area (Å²) in [5.41, 5.74) is 3.33. The Balaban J connectivity index is 2.19. The van der Waals surface area contributed by atoms with E-state index in [1.165, 1.54) is 5.56 Å². The van der Waals surface area contributed by atoms with Gasteiger partial charge in [-0.1, -0.05) is 12.1 Å². The lowest BCUT2D eigenvalue weighted by molar-refractivity contribution is 0.738. The number of imidazole rings is 1. The molecule has 0 aliphatic heterocycles. The molecular formula is C14H14ClN3S. The zero-order chi connectivity index (χ0) is 13.4. The Morgan fingerprint density at radius 2 is 2.26 bits per heavy atom. The summed E-state index contributed by atoms with van der Waals surface area (Å²) in [6.07, 6.45) is 1.83. The summed E-state index contributed by atoms with van der Waals surface area (Å²) in [5, 5.41) is 2.94. The highest BCUT2D eigenvalue weighted by molar-refractivity contribution is 7.09. The third kappa shape index (κ3) is 2.26. The Bertz CT molecular complexity index is 701. The molecule has 1 atom stereocenters. The van der Waals surface area contributed by atoms with Gasteiger partial charge in [-0.25, -0.2) is 9.97 Å². The van der Waals surface area contributed by atoms with E-state index in [0.29, 0.717) is 0 Å². The van der Waals surface area contributed by atoms with E-state index in [9.17, 15) is 0 Å². The lowest BCUT2D eigenvalue weighted by Crippen LogP contribution is -2.05. The summed E-state index contributed by atoms with van der Waals surface area (Å²) in [6, 6.07) is 6.22. The van der Waals surface area contributed by atoms with Crippen molar-refractivity contribution < 1.29 is 0 Å². The van der Waals surface area contributed by atoms with Crippen LogP contribution in [-0.4, -0.2) is 14.5 Å². The minimum atomic E-state index is -0.119. The van der Waals surface area contributed by atoms with Gasteiger partial charge >= 0.3 is 0 Å². The van der Waals surface area contributed by atoms with E-state index in [1.807, 2.05) is 18.5 Å². The number of hydrogen-bond donors (Lipinski definition) is 0. The minimum absolute atomic E-state index is 0.119. The second-order valence-corrected chi connectivity index (χ2v) is 6.17. The third-order valence-corrected chi connectivity index (χ3v) is 4.10. The molecule has 0 radical (unpaired) electrons. The fourth-order valence-corrected chi connectivity index (χ4v) is 3.01. The first-order valence-corrected chi connectivity index (χ1v) is 7.46. The molecule has 0 aliphatic carbocycles. The Kier molecular flexibility index (Phi) is 3.29. The first kappa shape index (κ1) is 12.6. The monoisotopic (exact) mass is 291 g/mol. The Morgan fingerprint density at radius 3 is 2.95 bits per heavy atom. The second-order valence-electron chi connectivity index (χ2n) is 4.54. The highest BCUT2D eigenvalue weighted by Crippen LogP contribution is 2.27. The van der Waals surface area contributed by atoms with E-state index in [1.54, 1.807) is 11.3 Å². The van der Waals surface area contributed by atoms with Crippen molar-refractivity contribution in [3.05, 3.63) is 46.2 Å². The van der Waals surface area contributed by atoms with Crippen LogP contribution in [0, 0.1) is 6.92 Å². The van der Waals surface area contributed by atoms with Gasteiger partial charge in [-0.3, -0.25) is 0 Å². The summed E-state index contributed by atoms with van der Waals surface area (Å²) in [5.74, 6) is 0.904. The van der Waals surface area contributed by atoms with Crippen LogP contribution in [0.5, 0.6) is 0 Å². The number of aryl methyl sites for hydroxylation is 1. The van der Waals surface area contributed by atoms with Crippen LogP contribution in [0.1, 0.15) is 28.7 Å². The zero-order valence-corrected chi connectivity index (χ0v) is 12.4. The maximum Gasteiger partial charge on any atom is 0.128 e. The number of para-hydroxylation sites is 1. The van der Waals surface area contributed by atoms with Gasteiger partial charge in [0.1, 0.15) is 10.8 Å². The van der Waals surface area contributed by atoms with Gasteiger partial charge in [-0.2, -0.15) is 0 Å². The van der Waals surface area contributed by atoms with E-state index < -0.39 is 0 Å². The molecule has 3 rings (SSSR count). The Labute approximate surface area is 120 Å². The molecule has 0 fully saturated rings. The van der Waals surface area contributed by atoms with Crippen molar-refractivity contribution >= 4 is 34.0 Å². The van der Waals surface area contributed by atoms with Crippen molar-refractivity contribution in [1.82, 2.24) is 14.5 Å². The van der Waals surface area contributed by atoms with Crippen LogP contribution in [0.2, 0.25) is 0 Å². The van der Waals surface area contributed by atoms with Gasteiger partial charge in [0.25, 0.3) is 0 Å². The summed E-state index contributed by atoms with van der Waals surface area (Å²) < 4.78 is 2.17. The van der Waals surface area contributed by atoms with E-state index in [2.05, 4.69) is 34.7 Å². The van der Waals surface area contributed by atoms with Crippen LogP contribution in [-0.2, 0) is 6.54 Å². The molecule has 0 amide bonds. The molecule has 2 aromatic heterocycles. The van der Waals surface area contributed by atoms with Gasteiger partial charge in [0.15, 0.2) is 0 Å². The first-order chi connectivity index (χ1) is 9.16. The lowest BCUT2D eigenvalue weighted by atomic mass is 10.2. The average molecular weight is 292 g/mol. The topological polar surface area (TPSA) is 30.7 Å². The van der Waals surface area contributed by atoms with Gasteiger partial charge in [-0.15, -0.1) is 22.9 Å². The van der Waals surface area contributed by atoms with Gasteiger partial charge in [0.2, 0.25) is 0 Å². The predicted molar refractivity (Wildman–Crippen MR) is 80.0 cm³/mol. The van der Waals surface area contributed by atoms with Crippen molar-refractivity contribution in [3.8, 4) is 0 Å². The summed E-state index contributed by atoms with van der Waals surface area (Å²) in [4.78, 5) is 9.05. The molecule has 98 valence electrons. The molecule has 0 saturated carbocycles. The SMILES string of the molecule is Cc1cccc2c1nc(C(C)Cl)n2Cc1nccs1. The number of benzene rings is 1. The van der Waals surface area contributed by atoms with Crippen LogP contribution >= 0.6 is 22.9 Å². The molecule has 0 saturated heterocycles. The Hall–Kier alpha value is -1.39. The lowest BCUT2D eigenvalue weighted by Gasteiger charge is -2.08. The highest BCUT2D eigenvalue weighted by Gasteiger charge is 2.16. The summed E-state index contributed by atoms with van der Waals surface area (Å²) in [7, 11) is 0. The van der Waals surface area contributed by atoms with Crippen molar-refractivity contribution in [1.29, 1.82) is 0 Å². The second kappa shape index (κ2) is 4.94. The van der Waals surface area contributed by atoms with E-state index in [4.69, 9.17) is 16.6 Å². The highest BCUT2D eigenvalue weighted by atomic mass is 35.5. The molecule has 0 spiro atoms. The number of halogens is 1. The van der Waals surface area contributed by atoms with E-state index >= 15 is 0 Å². The molecule has 2 heterocycles. The number of aromatic nitrogens is 3. The van der Waals surface area contributed by atoms with E-state index in [-0.39, 0.29) is 5.38 Å². The largest absolute Gasteiger partial charge is 0.320 e. The number of nitrogens with zero attached hydrogens (tertiary/aromatic N) is 3.